The first-order valence-corrected chi connectivity index (χ1v) is 7.70. The maximum atomic E-state index is 9.89. The fourth-order valence-corrected chi connectivity index (χ4v) is 2.48. The Morgan fingerprint density at radius 3 is 2.10 bits per heavy atom. The predicted molar refractivity (Wildman–Crippen MR) is 89.5 cm³/mol. The summed E-state index contributed by atoms with van der Waals surface area (Å²) in [5.74, 6) is 0. The van der Waals surface area contributed by atoms with Gasteiger partial charge < -0.3 is 10.0 Å². The molecule has 2 aromatic carbocycles. The summed E-state index contributed by atoms with van der Waals surface area (Å²) in [6.07, 6.45) is 0.387. The fourth-order valence-electron chi connectivity index (χ4n) is 2.48. The second kappa shape index (κ2) is 7.28. The molecule has 0 saturated heterocycles. The molecular formula is C19H25NO. The highest BCUT2D eigenvalue weighted by Crippen LogP contribution is 2.24. The molecule has 0 unspecified atom stereocenters. The van der Waals surface area contributed by atoms with Gasteiger partial charge in [-0.2, -0.15) is 0 Å². The molecule has 0 fully saturated rings. The third kappa shape index (κ3) is 4.08. The summed E-state index contributed by atoms with van der Waals surface area (Å²) in [6, 6.07) is 19.2. The first-order valence-electron chi connectivity index (χ1n) is 7.70. The lowest BCUT2D eigenvalue weighted by Crippen LogP contribution is -2.30. The molecule has 2 aromatic rings. The minimum atomic E-state index is -0.360. The molecule has 0 bridgehead atoms. The molecule has 0 heterocycles. The van der Waals surface area contributed by atoms with Crippen LogP contribution in [-0.4, -0.2) is 11.1 Å². The lowest BCUT2D eigenvalue weighted by molar-refractivity contribution is 0.173. The van der Waals surface area contributed by atoms with Crippen LogP contribution in [0.2, 0.25) is 0 Å². The van der Waals surface area contributed by atoms with Crippen LogP contribution in [-0.2, 0) is 6.54 Å². The minimum absolute atomic E-state index is 0.360. The molecular weight excluding hydrogens is 258 g/mol. The molecule has 2 rings (SSSR count). The van der Waals surface area contributed by atoms with Gasteiger partial charge in [-0.1, -0.05) is 49.4 Å². The van der Waals surface area contributed by atoms with Crippen LogP contribution < -0.4 is 4.90 Å². The molecule has 0 aliphatic rings. The molecule has 2 heteroatoms. The molecule has 1 N–H and O–H groups in total. The molecule has 1 atom stereocenters. The van der Waals surface area contributed by atoms with E-state index in [0.717, 1.165) is 18.5 Å². The second-order valence-corrected chi connectivity index (χ2v) is 5.72. The largest absolute Gasteiger partial charge is 0.388 e. The normalized spacial score (nSPS) is 12.4. The molecule has 21 heavy (non-hydrogen) atoms. The van der Waals surface area contributed by atoms with E-state index in [1.54, 1.807) is 0 Å². The number of benzene rings is 2. The third-order valence-electron chi connectivity index (χ3n) is 3.82. The minimum Gasteiger partial charge on any atom is -0.388 e. The highest BCUT2D eigenvalue weighted by Gasteiger charge is 2.12. The Morgan fingerprint density at radius 1 is 0.952 bits per heavy atom. The molecule has 2 nitrogen and oxygen atoms in total. The smallest absolute Gasteiger partial charge is 0.0787 e. The van der Waals surface area contributed by atoms with Gasteiger partial charge in [0.15, 0.2) is 0 Å². The summed E-state index contributed by atoms with van der Waals surface area (Å²) in [5.41, 5.74) is 3.49. The first kappa shape index (κ1) is 15.6. The van der Waals surface area contributed by atoms with E-state index in [2.05, 4.69) is 55.1 Å². The van der Waals surface area contributed by atoms with Crippen LogP contribution >= 0.6 is 0 Å². The molecule has 0 aliphatic carbocycles. The summed E-state index contributed by atoms with van der Waals surface area (Å²) in [4.78, 5) is 2.37. The molecule has 0 saturated carbocycles. The van der Waals surface area contributed by atoms with Crippen molar-refractivity contribution in [2.75, 3.05) is 4.90 Å². The van der Waals surface area contributed by atoms with Gasteiger partial charge >= 0.3 is 0 Å². The van der Waals surface area contributed by atoms with Crippen LogP contribution in [0.5, 0.6) is 0 Å². The zero-order valence-corrected chi connectivity index (χ0v) is 13.2. The van der Waals surface area contributed by atoms with E-state index < -0.39 is 0 Å². The predicted octanol–water partition coefficient (Wildman–Crippen LogP) is 4.55. The van der Waals surface area contributed by atoms with Crippen molar-refractivity contribution in [2.45, 2.75) is 45.9 Å². The number of hydrogen-bond donors (Lipinski definition) is 1. The van der Waals surface area contributed by atoms with E-state index in [1.165, 1.54) is 11.3 Å². The number of nitrogens with zero attached hydrogens (tertiary/aromatic N) is 1. The standard InChI is InChI=1S/C19H25NO/c1-4-19(21)17-10-12-18(13-11-17)20(15(2)3)14-16-8-6-5-7-9-16/h5-13,15,19,21H,4,14H2,1-3H3/t19-/m1/s1. The molecule has 112 valence electrons. The summed E-state index contributed by atoms with van der Waals surface area (Å²) in [6.45, 7) is 7.30. The molecule has 0 aliphatic heterocycles. The van der Waals surface area contributed by atoms with Crippen molar-refractivity contribution >= 4 is 5.69 Å². The van der Waals surface area contributed by atoms with Gasteiger partial charge in [0.25, 0.3) is 0 Å². The van der Waals surface area contributed by atoms with Gasteiger partial charge in [0.2, 0.25) is 0 Å². The fraction of sp³-hybridized carbons (Fsp3) is 0.368. The van der Waals surface area contributed by atoms with Gasteiger partial charge in [-0.25, -0.2) is 0 Å². The topological polar surface area (TPSA) is 23.5 Å². The average molecular weight is 283 g/mol. The highest BCUT2D eigenvalue weighted by atomic mass is 16.3. The van der Waals surface area contributed by atoms with Gasteiger partial charge in [0, 0.05) is 18.3 Å². The monoisotopic (exact) mass is 283 g/mol. The van der Waals surface area contributed by atoms with E-state index >= 15 is 0 Å². The second-order valence-electron chi connectivity index (χ2n) is 5.72. The van der Waals surface area contributed by atoms with E-state index in [1.807, 2.05) is 25.1 Å². The van der Waals surface area contributed by atoms with Crippen molar-refractivity contribution in [1.29, 1.82) is 0 Å². The van der Waals surface area contributed by atoms with Gasteiger partial charge in [-0.15, -0.1) is 0 Å². The Morgan fingerprint density at radius 2 is 1.57 bits per heavy atom. The Bertz CT molecular complexity index is 533. The van der Waals surface area contributed by atoms with E-state index in [9.17, 15) is 5.11 Å². The zero-order chi connectivity index (χ0) is 15.2. The van der Waals surface area contributed by atoms with Crippen molar-refractivity contribution < 1.29 is 5.11 Å². The number of aliphatic hydroxyl groups excluding tert-OH is 1. The molecule has 0 radical (unpaired) electrons. The van der Waals surface area contributed by atoms with Crippen molar-refractivity contribution in [2.24, 2.45) is 0 Å². The van der Waals surface area contributed by atoms with Crippen molar-refractivity contribution in [1.82, 2.24) is 0 Å². The van der Waals surface area contributed by atoms with Crippen LogP contribution in [0.4, 0.5) is 5.69 Å². The van der Waals surface area contributed by atoms with E-state index in [-0.39, 0.29) is 6.10 Å². The van der Waals surface area contributed by atoms with Crippen LogP contribution in [0.1, 0.15) is 44.4 Å². The maximum Gasteiger partial charge on any atom is 0.0787 e. The Balaban J connectivity index is 2.18. The zero-order valence-electron chi connectivity index (χ0n) is 13.2. The van der Waals surface area contributed by atoms with E-state index in [0.29, 0.717) is 6.04 Å². The van der Waals surface area contributed by atoms with Crippen LogP contribution in [0.15, 0.2) is 54.6 Å². The van der Waals surface area contributed by atoms with Crippen LogP contribution in [0.3, 0.4) is 0 Å². The van der Waals surface area contributed by atoms with Crippen molar-refractivity contribution in [3.05, 3.63) is 65.7 Å². The summed E-state index contributed by atoms with van der Waals surface area (Å²) < 4.78 is 0. The quantitative estimate of drug-likeness (QED) is 0.841. The van der Waals surface area contributed by atoms with Crippen molar-refractivity contribution in [3.63, 3.8) is 0 Å². The molecule has 0 amide bonds. The van der Waals surface area contributed by atoms with E-state index in [4.69, 9.17) is 0 Å². The van der Waals surface area contributed by atoms with Crippen molar-refractivity contribution in [3.8, 4) is 0 Å². The molecule has 0 spiro atoms. The molecule has 0 aromatic heterocycles. The maximum absolute atomic E-state index is 9.89. The van der Waals surface area contributed by atoms with Gasteiger partial charge in [-0.05, 0) is 43.5 Å². The average Bonchev–Trinajstić information content (AvgIpc) is 2.53. The first-order chi connectivity index (χ1) is 10.1. The SMILES string of the molecule is CC[C@@H](O)c1ccc(N(Cc2ccccc2)C(C)C)cc1. The Kier molecular flexibility index (Phi) is 5.40. The summed E-state index contributed by atoms with van der Waals surface area (Å²) in [7, 11) is 0. The van der Waals surface area contributed by atoms with Gasteiger partial charge in [0.05, 0.1) is 6.10 Å². The number of aliphatic hydroxyl groups is 1. The third-order valence-corrected chi connectivity index (χ3v) is 3.82. The number of rotatable bonds is 6. The Labute approximate surface area is 128 Å². The number of hydrogen-bond acceptors (Lipinski definition) is 2. The summed E-state index contributed by atoms with van der Waals surface area (Å²) >= 11 is 0. The number of anilines is 1. The Hall–Kier alpha value is -1.80. The van der Waals surface area contributed by atoms with Gasteiger partial charge in [-0.3, -0.25) is 0 Å². The highest BCUT2D eigenvalue weighted by molar-refractivity contribution is 5.49. The van der Waals surface area contributed by atoms with Crippen LogP contribution in [0.25, 0.3) is 0 Å². The van der Waals surface area contributed by atoms with Crippen LogP contribution in [0, 0.1) is 0 Å². The summed E-state index contributed by atoms with van der Waals surface area (Å²) in [5, 5.41) is 9.89. The lowest BCUT2D eigenvalue weighted by Gasteiger charge is -2.29. The van der Waals surface area contributed by atoms with Gasteiger partial charge in [0.1, 0.15) is 0 Å². The lowest BCUT2D eigenvalue weighted by atomic mass is 10.1.